The lowest BCUT2D eigenvalue weighted by Crippen LogP contribution is -2.23. The molecule has 7 heteroatoms. The summed E-state index contributed by atoms with van der Waals surface area (Å²) >= 11 is 3.73. The highest BCUT2D eigenvalue weighted by molar-refractivity contribution is 9.10. The van der Waals surface area contributed by atoms with Crippen LogP contribution in [0.5, 0.6) is 23.0 Å². The molecular weight excluding hydrogens is 440 g/mol. The summed E-state index contributed by atoms with van der Waals surface area (Å²) in [7, 11) is 6.46. The second-order valence-electron chi connectivity index (χ2n) is 7.23. The van der Waals surface area contributed by atoms with Gasteiger partial charge in [-0.3, -0.25) is 4.79 Å². The summed E-state index contributed by atoms with van der Waals surface area (Å²) in [4.78, 5) is 12.4. The molecule has 2 aliphatic rings. The Balaban J connectivity index is 2.03. The van der Waals surface area contributed by atoms with Gasteiger partial charge >= 0.3 is 5.97 Å². The van der Waals surface area contributed by atoms with Crippen LogP contribution in [0, 0.1) is 11.8 Å². The highest BCUT2D eigenvalue weighted by atomic mass is 79.9. The third-order valence-corrected chi connectivity index (χ3v) is 6.56. The Kier molecular flexibility index (Phi) is 5.34. The minimum absolute atomic E-state index is 0.111. The van der Waals surface area contributed by atoms with Crippen LogP contribution in [0.15, 0.2) is 22.7 Å². The molecule has 4 rings (SSSR count). The van der Waals surface area contributed by atoms with E-state index >= 15 is 0 Å². The maximum atomic E-state index is 12.4. The molecule has 1 aliphatic carbocycles. The Bertz CT molecular complexity index is 971. The number of cyclic esters (lactones) is 1. The molecule has 2 aromatic rings. The lowest BCUT2D eigenvalue weighted by Gasteiger charge is -2.27. The van der Waals surface area contributed by atoms with Crippen molar-refractivity contribution in [3.63, 3.8) is 0 Å². The summed E-state index contributed by atoms with van der Waals surface area (Å²) in [6.07, 6.45) is 1.29. The highest BCUT2D eigenvalue weighted by Gasteiger charge is 2.40. The van der Waals surface area contributed by atoms with Crippen molar-refractivity contribution in [3.05, 3.63) is 33.8 Å². The first-order chi connectivity index (χ1) is 14.0. The SMILES string of the molecule is COc1cc2c(cc1OC)-c1c(cc(OC)c(OC)c1Br)C[C@H]1C(=O)OC[C@@H]1C2. The van der Waals surface area contributed by atoms with Crippen molar-refractivity contribution in [1.29, 1.82) is 0 Å². The van der Waals surface area contributed by atoms with E-state index in [-0.39, 0.29) is 17.8 Å². The zero-order chi connectivity index (χ0) is 20.7. The molecular formula is C22H23BrO6. The molecule has 2 atom stereocenters. The van der Waals surface area contributed by atoms with Crippen LogP contribution in [0.3, 0.4) is 0 Å². The van der Waals surface area contributed by atoms with Crippen molar-refractivity contribution in [3.8, 4) is 34.1 Å². The van der Waals surface area contributed by atoms with E-state index in [1.165, 1.54) is 0 Å². The van der Waals surface area contributed by atoms with E-state index in [4.69, 9.17) is 23.7 Å². The van der Waals surface area contributed by atoms with E-state index in [1.54, 1.807) is 28.4 Å². The van der Waals surface area contributed by atoms with Gasteiger partial charge in [-0.05, 0) is 63.7 Å². The molecule has 154 valence electrons. The van der Waals surface area contributed by atoms with E-state index in [0.717, 1.165) is 26.7 Å². The normalized spacial score (nSPS) is 19.8. The fourth-order valence-corrected chi connectivity index (χ4v) is 5.18. The molecule has 0 unspecified atom stereocenters. The number of halogens is 1. The minimum atomic E-state index is -0.194. The van der Waals surface area contributed by atoms with Crippen molar-refractivity contribution in [2.75, 3.05) is 35.0 Å². The Morgan fingerprint density at radius 2 is 1.55 bits per heavy atom. The lowest BCUT2D eigenvalue weighted by atomic mass is 9.78. The molecule has 29 heavy (non-hydrogen) atoms. The summed E-state index contributed by atoms with van der Waals surface area (Å²) < 4.78 is 28.4. The van der Waals surface area contributed by atoms with Gasteiger partial charge in [-0.15, -0.1) is 0 Å². The monoisotopic (exact) mass is 462 g/mol. The number of rotatable bonds is 4. The smallest absolute Gasteiger partial charge is 0.309 e. The fourth-order valence-electron chi connectivity index (χ4n) is 4.35. The number of carbonyl (C=O) groups excluding carboxylic acids is 1. The van der Waals surface area contributed by atoms with Gasteiger partial charge in [0.15, 0.2) is 23.0 Å². The molecule has 0 radical (unpaired) electrons. The topological polar surface area (TPSA) is 63.2 Å². The van der Waals surface area contributed by atoms with Crippen LogP contribution in [0.4, 0.5) is 0 Å². The van der Waals surface area contributed by atoms with Crippen LogP contribution >= 0.6 is 15.9 Å². The van der Waals surface area contributed by atoms with Gasteiger partial charge < -0.3 is 23.7 Å². The maximum absolute atomic E-state index is 12.4. The van der Waals surface area contributed by atoms with Crippen molar-refractivity contribution in [2.24, 2.45) is 11.8 Å². The van der Waals surface area contributed by atoms with E-state index in [9.17, 15) is 4.79 Å². The van der Waals surface area contributed by atoms with Crippen LogP contribution in [0.2, 0.25) is 0 Å². The van der Waals surface area contributed by atoms with Gasteiger partial charge in [-0.25, -0.2) is 0 Å². The second-order valence-corrected chi connectivity index (χ2v) is 8.02. The number of benzene rings is 2. The average molecular weight is 463 g/mol. The van der Waals surface area contributed by atoms with Crippen LogP contribution in [0.1, 0.15) is 11.1 Å². The molecule has 0 bridgehead atoms. The molecule has 1 fully saturated rings. The molecule has 0 amide bonds. The van der Waals surface area contributed by atoms with Gasteiger partial charge in [0.1, 0.15) is 0 Å². The average Bonchev–Trinajstić information content (AvgIpc) is 3.05. The van der Waals surface area contributed by atoms with E-state index in [2.05, 4.69) is 15.9 Å². The predicted molar refractivity (Wildman–Crippen MR) is 111 cm³/mol. The summed E-state index contributed by atoms with van der Waals surface area (Å²) in [5, 5.41) is 0. The molecule has 2 aromatic carbocycles. The van der Waals surface area contributed by atoms with Gasteiger partial charge in [-0.1, -0.05) is 0 Å². The zero-order valence-corrected chi connectivity index (χ0v) is 18.4. The molecule has 1 saturated heterocycles. The first-order valence-electron chi connectivity index (χ1n) is 9.37. The number of hydrogen-bond acceptors (Lipinski definition) is 6. The molecule has 0 aromatic heterocycles. The highest BCUT2D eigenvalue weighted by Crippen LogP contribution is 2.50. The molecule has 0 saturated carbocycles. The maximum Gasteiger partial charge on any atom is 0.309 e. The summed E-state index contributed by atoms with van der Waals surface area (Å²) in [5.41, 5.74) is 4.06. The molecule has 1 heterocycles. The second kappa shape index (κ2) is 7.78. The van der Waals surface area contributed by atoms with Crippen molar-refractivity contribution < 1.29 is 28.5 Å². The van der Waals surface area contributed by atoms with E-state index in [1.807, 2.05) is 18.2 Å². The number of fused-ring (bicyclic) bond motifs is 4. The van der Waals surface area contributed by atoms with Gasteiger partial charge in [0.2, 0.25) is 0 Å². The summed E-state index contributed by atoms with van der Waals surface area (Å²) in [6, 6.07) is 5.93. The van der Waals surface area contributed by atoms with Crippen LogP contribution in [-0.4, -0.2) is 41.0 Å². The third kappa shape index (κ3) is 3.21. The first-order valence-corrected chi connectivity index (χ1v) is 10.2. The van der Waals surface area contributed by atoms with Gasteiger partial charge in [0.25, 0.3) is 0 Å². The molecule has 1 aliphatic heterocycles. The van der Waals surface area contributed by atoms with Crippen LogP contribution in [-0.2, 0) is 22.4 Å². The summed E-state index contributed by atoms with van der Waals surface area (Å²) in [5.74, 6) is 2.30. The van der Waals surface area contributed by atoms with Gasteiger partial charge in [0, 0.05) is 11.5 Å². The number of ether oxygens (including phenoxy) is 5. The zero-order valence-electron chi connectivity index (χ0n) is 16.8. The standard InChI is InChI=1S/C22H23BrO6/c1-25-16-7-11-5-13-10-29-22(24)15(13)6-12-8-18(27-3)21(28-4)20(23)19(12)14(11)9-17(16)26-2/h7-9,13,15H,5-6,10H2,1-4H3/t13-,15+/m0/s1. The lowest BCUT2D eigenvalue weighted by molar-refractivity contribution is -0.141. The fraction of sp³-hybridized carbons (Fsp3) is 0.409. The van der Waals surface area contributed by atoms with E-state index < -0.39 is 0 Å². The Morgan fingerprint density at radius 1 is 0.897 bits per heavy atom. The number of esters is 1. The summed E-state index contributed by atoms with van der Waals surface area (Å²) in [6.45, 7) is 0.432. The van der Waals surface area contributed by atoms with Crippen molar-refractivity contribution in [2.45, 2.75) is 12.8 Å². The first kappa shape index (κ1) is 19.9. The quantitative estimate of drug-likeness (QED) is 0.638. The van der Waals surface area contributed by atoms with Gasteiger partial charge in [0.05, 0.1) is 45.4 Å². The number of hydrogen-bond donors (Lipinski definition) is 0. The largest absolute Gasteiger partial charge is 0.493 e. The van der Waals surface area contributed by atoms with E-state index in [0.29, 0.717) is 42.4 Å². The molecule has 0 N–H and O–H groups in total. The molecule has 0 spiro atoms. The Morgan fingerprint density at radius 3 is 2.21 bits per heavy atom. The molecule has 6 nitrogen and oxygen atoms in total. The van der Waals surface area contributed by atoms with Crippen LogP contribution in [0.25, 0.3) is 11.1 Å². The number of carbonyl (C=O) groups is 1. The number of methoxy groups -OCH3 is 4. The Hall–Kier alpha value is -2.41. The third-order valence-electron chi connectivity index (χ3n) is 5.81. The van der Waals surface area contributed by atoms with Crippen LogP contribution < -0.4 is 18.9 Å². The minimum Gasteiger partial charge on any atom is -0.493 e. The Labute approximate surface area is 178 Å². The van der Waals surface area contributed by atoms with Crippen molar-refractivity contribution >= 4 is 21.9 Å². The predicted octanol–water partition coefficient (Wildman–Crippen LogP) is 4.04. The van der Waals surface area contributed by atoms with Gasteiger partial charge in [-0.2, -0.15) is 0 Å². The van der Waals surface area contributed by atoms with Crippen molar-refractivity contribution in [1.82, 2.24) is 0 Å².